The first-order valence-electron chi connectivity index (χ1n) is 4.25. The molecule has 0 spiro atoms. The van der Waals surface area contributed by atoms with Gasteiger partial charge in [0.15, 0.2) is 0 Å². The van der Waals surface area contributed by atoms with Gasteiger partial charge in [0.25, 0.3) is 0 Å². The van der Waals surface area contributed by atoms with Crippen molar-refractivity contribution in [2.75, 3.05) is 0 Å². The van der Waals surface area contributed by atoms with Crippen LogP contribution in [0, 0.1) is 0 Å². The van der Waals surface area contributed by atoms with E-state index in [1.54, 1.807) is 13.0 Å². The number of nitrogens with one attached hydrogen (secondary N) is 1. The molecule has 1 atom stereocenters. The Morgan fingerprint density at radius 3 is 2.54 bits per heavy atom. The van der Waals surface area contributed by atoms with Crippen molar-refractivity contribution in [2.24, 2.45) is 0 Å². The maximum Gasteiger partial charge on any atom is 0.305 e. The molecular formula is C9H15NO3. The summed E-state index contributed by atoms with van der Waals surface area (Å²) in [5, 5.41) is 11.1. The van der Waals surface area contributed by atoms with Gasteiger partial charge in [0.2, 0.25) is 5.91 Å². The molecular weight excluding hydrogens is 170 g/mol. The van der Waals surface area contributed by atoms with Crippen molar-refractivity contribution in [1.29, 1.82) is 0 Å². The van der Waals surface area contributed by atoms with Crippen molar-refractivity contribution < 1.29 is 14.7 Å². The van der Waals surface area contributed by atoms with Gasteiger partial charge >= 0.3 is 5.97 Å². The third kappa shape index (κ3) is 5.90. The molecule has 74 valence electrons. The Bertz CT molecular complexity index is 211. The number of rotatable bonds is 5. The average Bonchev–Trinajstić information content (AvgIpc) is 2.02. The van der Waals surface area contributed by atoms with Gasteiger partial charge in [-0.15, -0.1) is 0 Å². The number of carboxylic acid groups (broad SMARTS) is 1. The van der Waals surface area contributed by atoms with Gasteiger partial charge in [-0.1, -0.05) is 13.0 Å². The summed E-state index contributed by atoms with van der Waals surface area (Å²) in [4.78, 5) is 21.3. The van der Waals surface area contributed by atoms with Crippen LogP contribution in [0.4, 0.5) is 0 Å². The lowest BCUT2D eigenvalue weighted by Crippen LogP contribution is -2.34. The number of hydrogen-bond donors (Lipinski definition) is 2. The maximum atomic E-state index is 11.0. The van der Waals surface area contributed by atoms with Gasteiger partial charge in [-0.3, -0.25) is 9.59 Å². The predicted molar refractivity (Wildman–Crippen MR) is 49.3 cm³/mol. The van der Waals surface area contributed by atoms with E-state index in [1.807, 2.05) is 6.92 Å². The second kappa shape index (κ2) is 6.22. The molecule has 1 amide bonds. The summed E-state index contributed by atoms with van der Waals surface area (Å²) >= 11 is 0. The fourth-order valence-corrected chi connectivity index (χ4v) is 0.909. The smallest absolute Gasteiger partial charge is 0.305 e. The van der Waals surface area contributed by atoms with Crippen LogP contribution in [0.5, 0.6) is 0 Å². The largest absolute Gasteiger partial charge is 0.481 e. The zero-order valence-electron chi connectivity index (χ0n) is 7.91. The molecule has 1 unspecified atom stereocenters. The highest BCUT2D eigenvalue weighted by atomic mass is 16.4. The molecule has 0 aliphatic carbocycles. The SMILES string of the molecule is C/C=C/C(=O)NC(CC)CC(=O)O. The van der Waals surface area contributed by atoms with Gasteiger partial charge in [-0.25, -0.2) is 0 Å². The Hall–Kier alpha value is -1.32. The lowest BCUT2D eigenvalue weighted by Gasteiger charge is -2.12. The third-order valence-corrected chi connectivity index (χ3v) is 1.58. The van der Waals surface area contributed by atoms with Gasteiger partial charge in [-0.2, -0.15) is 0 Å². The number of hydrogen-bond acceptors (Lipinski definition) is 2. The zero-order valence-corrected chi connectivity index (χ0v) is 7.91. The van der Waals surface area contributed by atoms with E-state index in [9.17, 15) is 9.59 Å². The number of aliphatic carboxylic acids is 1. The van der Waals surface area contributed by atoms with E-state index in [4.69, 9.17) is 5.11 Å². The first-order chi connectivity index (χ1) is 6.10. The lowest BCUT2D eigenvalue weighted by atomic mass is 10.1. The Labute approximate surface area is 77.6 Å². The van der Waals surface area contributed by atoms with Crippen LogP contribution >= 0.6 is 0 Å². The van der Waals surface area contributed by atoms with Crippen LogP contribution in [0.15, 0.2) is 12.2 Å². The summed E-state index contributed by atoms with van der Waals surface area (Å²) in [5.41, 5.74) is 0. The molecule has 0 bridgehead atoms. The summed E-state index contributed by atoms with van der Waals surface area (Å²) in [6.07, 6.45) is 3.59. The lowest BCUT2D eigenvalue weighted by molar-refractivity contribution is -0.137. The molecule has 0 aliphatic rings. The Morgan fingerprint density at radius 2 is 2.15 bits per heavy atom. The molecule has 13 heavy (non-hydrogen) atoms. The molecule has 0 aliphatic heterocycles. The molecule has 4 heteroatoms. The Morgan fingerprint density at radius 1 is 1.54 bits per heavy atom. The standard InChI is InChI=1S/C9H15NO3/c1-3-5-8(11)10-7(4-2)6-9(12)13/h3,5,7H,4,6H2,1-2H3,(H,10,11)(H,12,13)/b5-3+. The molecule has 0 aromatic rings. The number of allylic oxidation sites excluding steroid dienone is 1. The van der Waals surface area contributed by atoms with E-state index in [-0.39, 0.29) is 18.4 Å². The number of carbonyl (C=O) groups excluding carboxylic acids is 1. The molecule has 0 rings (SSSR count). The van der Waals surface area contributed by atoms with E-state index in [0.29, 0.717) is 6.42 Å². The number of carbonyl (C=O) groups is 2. The van der Waals surface area contributed by atoms with Crippen LogP contribution in [0.3, 0.4) is 0 Å². The highest BCUT2D eigenvalue weighted by Crippen LogP contribution is 1.97. The molecule has 0 saturated carbocycles. The van der Waals surface area contributed by atoms with Crippen molar-refractivity contribution in [3.8, 4) is 0 Å². The van der Waals surface area contributed by atoms with Crippen LogP contribution in [-0.2, 0) is 9.59 Å². The maximum absolute atomic E-state index is 11.0. The first-order valence-corrected chi connectivity index (χ1v) is 4.25. The highest BCUT2D eigenvalue weighted by Gasteiger charge is 2.11. The minimum Gasteiger partial charge on any atom is -0.481 e. The van der Waals surface area contributed by atoms with Gasteiger partial charge in [0, 0.05) is 6.04 Å². The quantitative estimate of drug-likeness (QED) is 0.626. The fraction of sp³-hybridized carbons (Fsp3) is 0.556. The van der Waals surface area contributed by atoms with Crippen LogP contribution in [0.25, 0.3) is 0 Å². The highest BCUT2D eigenvalue weighted by molar-refractivity contribution is 5.87. The minimum atomic E-state index is -0.896. The molecule has 0 aromatic heterocycles. The van der Waals surface area contributed by atoms with E-state index in [2.05, 4.69) is 5.32 Å². The summed E-state index contributed by atoms with van der Waals surface area (Å²) < 4.78 is 0. The van der Waals surface area contributed by atoms with Crippen LogP contribution < -0.4 is 5.32 Å². The van der Waals surface area contributed by atoms with Crippen molar-refractivity contribution >= 4 is 11.9 Å². The van der Waals surface area contributed by atoms with E-state index in [0.717, 1.165) is 0 Å². The summed E-state index contributed by atoms with van der Waals surface area (Å²) in [5.74, 6) is -1.14. The third-order valence-electron chi connectivity index (χ3n) is 1.58. The van der Waals surface area contributed by atoms with Crippen molar-refractivity contribution in [3.63, 3.8) is 0 Å². The number of carboxylic acids is 1. The Kier molecular flexibility index (Phi) is 5.59. The second-order valence-electron chi connectivity index (χ2n) is 2.71. The van der Waals surface area contributed by atoms with Crippen molar-refractivity contribution in [2.45, 2.75) is 32.7 Å². The normalized spacial score (nSPS) is 12.8. The molecule has 0 heterocycles. The topological polar surface area (TPSA) is 66.4 Å². The summed E-state index contributed by atoms with van der Waals surface area (Å²) in [6.45, 7) is 3.57. The number of amides is 1. The van der Waals surface area contributed by atoms with Gasteiger partial charge in [-0.05, 0) is 19.4 Å². The summed E-state index contributed by atoms with van der Waals surface area (Å²) in [6, 6.07) is -0.277. The van der Waals surface area contributed by atoms with Crippen LogP contribution in [-0.4, -0.2) is 23.0 Å². The average molecular weight is 185 g/mol. The van der Waals surface area contributed by atoms with Crippen LogP contribution in [0.2, 0.25) is 0 Å². The van der Waals surface area contributed by atoms with Gasteiger partial charge in [0.05, 0.1) is 6.42 Å². The predicted octanol–water partition coefficient (Wildman–Crippen LogP) is 0.932. The summed E-state index contributed by atoms with van der Waals surface area (Å²) in [7, 11) is 0. The molecule has 0 radical (unpaired) electrons. The van der Waals surface area contributed by atoms with Crippen LogP contribution in [0.1, 0.15) is 26.7 Å². The molecule has 0 fully saturated rings. The van der Waals surface area contributed by atoms with Crippen molar-refractivity contribution in [1.82, 2.24) is 5.32 Å². The monoisotopic (exact) mass is 185 g/mol. The molecule has 0 aromatic carbocycles. The zero-order chi connectivity index (χ0) is 10.3. The van der Waals surface area contributed by atoms with E-state index >= 15 is 0 Å². The Balaban J connectivity index is 3.97. The molecule has 0 saturated heterocycles. The van der Waals surface area contributed by atoms with E-state index in [1.165, 1.54) is 6.08 Å². The van der Waals surface area contributed by atoms with Gasteiger partial charge in [0.1, 0.15) is 0 Å². The minimum absolute atomic E-state index is 0.0280. The molecule has 2 N–H and O–H groups in total. The molecule has 4 nitrogen and oxygen atoms in total. The first kappa shape index (κ1) is 11.7. The fourth-order valence-electron chi connectivity index (χ4n) is 0.909. The van der Waals surface area contributed by atoms with Crippen molar-refractivity contribution in [3.05, 3.63) is 12.2 Å². The second-order valence-corrected chi connectivity index (χ2v) is 2.71. The van der Waals surface area contributed by atoms with E-state index < -0.39 is 5.97 Å². The van der Waals surface area contributed by atoms with Gasteiger partial charge < -0.3 is 10.4 Å².